The van der Waals surface area contributed by atoms with Gasteiger partial charge in [-0.15, -0.1) is 0 Å². The zero-order chi connectivity index (χ0) is 16.2. The Morgan fingerprint density at radius 1 is 1.29 bits per heavy atom. The normalized spacial score (nSPS) is 25.9. The van der Waals surface area contributed by atoms with E-state index in [0.29, 0.717) is 12.5 Å². The van der Waals surface area contributed by atoms with Gasteiger partial charge in [-0.2, -0.15) is 0 Å². The molecule has 0 saturated carbocycles. The van der Waals surface area contributed by atoms with E-state index in [1.165, 1.54) is 6.42 Å². The van der Waals surface area contributed by atoms with Crippen LogP contribution in [0.4, 0.5) is 0 Å². The van der Waals surface area contributed by atoms with Gasteiger partial charge >= 0.3 is 0 Å². The van der Waals surface area contributed by atoms with Gasteiger partial charge in [0.05, 0.1) is 6.04 Å². The Morgan fingerprint density at radius 3 is 2.29 bits per heavy atom. The quantitative estimate of drug-likeness (QED) is 0.790. The third-order valence-corrected chi connectivity index (χ3v) is 4.48. The molecule has 1 aliphatic rings. The zero-order valence-electron chi connectivity index (χ0n) is 14.8. The maximum Gasteiger partial charge on any atom is 0.236 e. The number of likely N-dealkylation sites (tertiary alicyclic amines) is 1. The molecule has 0 aromatic heterocycles. The zero-order valence-corrected chi connectivity index (χ0v) is 14.8. The fourth-order valence-corrected chi connectivity index (χ4v) is 3.32. The van der Waals surface area contributed by atoms with Crippen LogP contribution in [-0.4, -0.2) is 42.0 Å². The summed E-state index contributed by atoms with van der Waals surface area (Å²) in [5.74, 6) is 1.89. The van der Waals surface area contributed by atoms with Crippen molar-refractivity contribution in [2.45, 2.75) is 66.0 Å². The maximum atomic E-state index is 12.1. The Balaban J connectivity index is 2.50. The lowest BCUT2D eigenvalue weighted by atomic mass is 9.88. The van der Waals surface area contributed by atoms with E-state index < -0.39 is 0 Å². The Morgan fingerprint density at radius 2 is 1.81 bits per heavy atom. The molecule has 2 unspecified atom stereocenters. The van der Waals surface area contributed by atoms with Gasteiger partial charge in [0.1, 0.15) is 0 Å². The average molecular weight is 297 g/mol. The largest absolute Gasteiger partial charge is 0.353 e. The highest BCUT2D eigenvalue weighted by Crippen LogP contribution is 2.26. The van der Waals surface area contributed by atoms with Gasteiger partial charge < -0.3 is 11.1 Å². The summed E-state index contributed by atoms with van der Waals surface area (Å²) in [7, 11) is 0. The van der Waals surface area contributed by atoms with Gasteiger partial charge in [0.15, 0.2) is 0 Å². The van der Waals surface area contributed by atoms with E-state index in [4.69, 9.17) is 5.73 Å². The monoisotopic (exact) mass is 297 g/mol. The van der Waals surface area contributed by atoms with E-state index in [2.05, 4.69) is 51.8 Å². The van der Waals surface area contributed by atoms with Crippen LogP contribution in [0.2, 0.25) is 0 Å². The van der Waals surface area contributed by atoms with Crippen molar-refractivity contribution in [2.24, 2.45) is 23.5 Å². The molecule has 1 heterocycles. The lowest BCUT2D eigenvalue weighted by molar-refractivity contribution is -0.123. The van der Waals surface area contributed by atoms with E-state index in [0.717, 1.165) is 31.3 Å². The first kappa shape index (κ1) is 18.4. The summed E-state index contributed by atoms with van der Waals surface area (Å²) in [5, 5.41) is 3.05. The maximum absolute atomic E-state index is 12.1. The topological polar surface area (TPSA) is 58.4 Å². The van der Waals surface area contributed by atoms with Crippen LogP contribution < -0.4 is 11.1 Å². The first-order valence-corrected chi connectivity index (χ1v) is 8.40. The summed E-state index contributed by atoms with van der Waals surface area (Å²) in [6.45, 7) is 16.1. The molecule has 1 saturated heterocycles. The van der Waals surface area contributed by atoms with Crippen LogP contribution in [0.3, 0.4) is 0 Å². The molecular weight excluding hydrogens is 262 g/mol. The molecule has 3 atom stereocenters. The van der Waals surface area contributed by atoms with Gasteiger partial charge in [0.2, 0.25) is 5.91 Å². The van der Waals surface area contributed by atoms with Gasteiger partial charge in [0, 0.05) is 25.2 Å². The van der Waals surface area contributed by atoms with Crippen LogP contribution in [-0.2, 0) is 4.79 Å². The third kappa shape index (κ3) is 5.95. The molecule has 4 nitrogen and oxygen atoms in total. The predicted molar refractivity (Wildman–Crippen MR) is 89.0 cm³/mol. The SMILES string of the molecule is CC(C)C[C@H](N)C(=O)NCC(C)(C)N1CC(C)CC(C)C1. The summed E-state index contributed by atoms with van der Waals surface area (Å²) in [5.41, 5.74) is 5.93. The van der Waals surface area contributed by atoms with Crippen molar-refractivity contribution >= 4 is 5.91 Å². The number of hydrogen-bond acceptors (Lipinski definition) is 3. The minimum Gasteiger partial charge on any atom is -0.353 e. The number of carbonyl (C=O) groups excluding carboxylic acids is 1. The predicted octanol–water partition coefficient (Wildman–Crippen LogP) is 2.23. The molecule has 0 aliphatic carbocycles. The highest BCUT2D eigenvalue weighted by molar-refractivity contribution is 5.81. The molecule has 1 amide bonds. The molecule has 0 bridgehead atoms. The van der Waals surface area contributed by atoms with E-state index in [1.807, 2.05) is 0 Å². The minimum absolute atomic E-state index is 0.0177. The lowest BCUT2D eigenvalue weighted by Crippen LogP contribution is -2.57. The molecule has 1 fully saturated rings. The Bertz CT molecular complexity index is 331. The van der Waals surface area contributed by atoms with E-state index in [1.54, 1.807) is 0 Å². The highest BCUT2D eigenvalue weighted by Gasteiger charge is 2.33. The van der Waals surface area contributed by atoms with Gasteiger partial charge in [-0.1, -0.05) is 27.7 Å². The molecule has 0 aromatic carbocycles. The number of nitrogens with one attached hydrogen (secondary N) is 1. The van der Waals surface area contributed by atoms with Crippen LogP contribution in [0.5, 0.6) is 0 Å². The molecule has 0 aromatic rings. The van der Waals surface area contributed by atoms with E-state index in [-0.39, 0.29) is 17.5 Å². The second-order valence-electron chi connectivity index (χ2n) is 8.12. The summed E-state index contributed by atoms with van der Waals surface area (Å²) < 4.78 is 0. The van der Waals surface area contributed by atoms with Crippen molar-refractivity contribution in [3.63, 3.8) is 0 Å². The van der Waals surface area contributed by atoms with Crippen molar-refractivity contribution < 1.29 is 4.79 Å². The van der Waals surface area contributed by atoms with Crippen molar-refractivity contribution in [3.05, 3.63) is 0 Å². The first-order valence-electron chi connectivity index (χ1n) is 8.40. The van der Waals surface area contributed by atoms with Crippen LogP contribution in [0.15, 0.2) is 0 Å². The van der Waals surface area contributed by atoms with Crippen molar-refractivity contribution in [1.29, 1.82) is 0 Å². The first-order chi connectivity index (χ1) is 9.61. The Kier molecular flexibility index (Phi) is 6.67. The molecular formula is C17H35N3O. The third-order valence-electron chi connectivity index (χ3n) is 4.48. The summed E-state index contributed by atoms with van der Waals surface area (Å²) in [4.78, 5) is 14.6. The molecule has 21 heavy (non-hydrogen) atoms. The average Bonchev–Trinajstić information content (AvgIpc) is 2.34. The summed E-state index contributed by atoms with van der Waals surface area (Å²) >= 11 is 0. The van der Waals surface area contributed by atoms with Crippen LogP contribution >= 0.6 is 0 Å². The second kappa shape index (κ2) is 7.59. The molecule has 4 heteroatoms. The Labute approximate surface area is 130 Å². The number of hydrogen-bond donors (Lipinski definition) is 2. The molecule has 124 valence electrons. The van der Waals surface area contributed by atoms with E-state index >= 15 is 0 Å². The molecule has 0 spiro atoms. The van der Waals surface area contributed by atoms with Gasteiger partial charge in [-0.3, -0.25) is 9.69 Å². The lowest BCUT2D eigenvalue weighted by Gasteiger charge is -2.45. The number of amides is 1. The number of nitrogens with zero attached hydrogens (tertiary/aromatic N) is 1. The van der Waals surface area contributed by atoms with Crippen molar-refractivity contribution in [1.82, 2.24) is 10.2 Å². The summed E-state index contributed by atoms with van der Waals surface area (Å²) in [6.07, 6.45) is 2.04. The molecule has 0 radical (unpaired) electrons. The molecule has 1 aliphatic heterocycles. The van der Waals surface area contributed by atoms with Gasteiger partial charge in [-0.25, -0.2) is 0 Å². The van der Waals surface area contributed by atoms with Crippen LogP contribution in [0.25, 0.3) is 0 Å². The molecule has 3 N–H and O–H groups in total. The highest BCUT2D eigenvalue weighted by atomic mass is 16.2. The number of carbonyl (C=O) groups is 1. The number of piperidine rings is 1. The number of nitrogens with two attached hydrogens (primary N) is 1. The number of rotatable bonds is 6. The Hall–Kier alpha value is -0.610. The van der Waals surface area contributed by atoms with Gasteiger partial charge in [0.25, 0.3) is 0 Å². The van der Waals surface area contributed by atoms with Crippen molar-refractivity contribution in [3.8, 4) is 0 Å². The van der Waals surface area contributed by atoms with Gasteiger partial charge in [-0.05, 0) is 44.4 Å². The van der Waals surface area contributed by atoms with Crippen LogP contribution in [0, 0.1) is 17.8 Å². The summed E-state index contributed by atoms with van der Waals surface area (Å²) in [6, 6.07) is -0.389. The van der Waals surface area contributed by atoms with E-state index in [9.17, 15) is 4.79 Å². The standard InChI is InChI=1S/C17H35N3O/c1-12(2)7-15(18)16(21)19-11-17(5,6)20-9-13(3)8-14(4)10-20/h12-15H,7-11,18H2,1-6H3,(H,19,21)/t13?,14?,15-/m0/s1. The van der Waals surface area contributed by atoms with Crippen LogP contribution in [0.1, 0.15) is 54.4 Å². The smallest absolute Gasteiger partial charge is 0.236 e. The fraction of sp³-hybridized carbons (Fsp3) is 0.941. The fourth-order valence-electron chi connectivity index (χ4n) is 3.32. The van der Waals surface area contributed by atoms with Crippen molar-refractivity contribution in [2.75, 3.05) is 19.6 Å². The minimum atomic E-state index is -0.389. The second-order valence-corrected chi connectivity index (χ2v) is 8.12. The molecule has 1 rings (SSSR count).